The molecule has 0 amide bonds. The lowest BCUT2D eigenvalue weighted by Crippen LogP contribution is -1.91. The van der Waals surface area contributed by atoms with E-state index in [1.54, 1.807) is 0 Å². The lowest BCUT2D eigenvalue weighted by Gasteiger charge is -2.10. The van der Waals surface area contributed by atoms with Crippen molar-refractivity contribution < 1.29 is 0 Å². The van der Waals surface area contributed by atoms with E-state index in [1.807, 2.05) is 25.1 Å². The topological polar surface area (TPSA) is 23.9 Å². The van der Waals surface area contributed by atoms with Crippen LogP contribution in [0.3, 0.4) is 0 Å². The van der Waals surface area contributed by atoms with Crippen LogP contribution in [-0.4, -0.2) is 6.21 Å². The molecule has 0 bridgehead atoms. The van der Waals surface area contributed by atoms with E-state index < -0.39 is 0 Å². The smallest absolute Gasteiger partial charge is 0.0253 e. The first kappa shape index (κ1) is 19.9. The Morgan fingerprint density at radius 3 is 2.42 bits per heavy atom. The Labute approximate surface area is 148 Å². The molecule has 1 heteroatoms. The van der Waals surface area contributed by atoms with Gasteiger partial charge in [0.05, 0.1) is 0 Å². The van der Waals surface area contributed by atoms with Gasteiger partial charge in [-0.05, 0) is 50.2 Å². The number of allylic oxidation sites excluding steroid dienone is 8. The summed E-state index contributed by atoms with van der Waals surface area (Å²) in [6, 6.07) is 10.1. The highest BCUT2D eigenvalue weighted by Gasteiger charge is 2.03. The van der Waals surface area contributed by atoms with Gasteiger partial charge >= 0.3 is 0 Å². The Kier molecular flexibility index (Phi) is 9.45. The second-order valence-corrected chi connectivity index (χ2v) is 6.43. The van der Waals surface area contributed by atoms with Gasteiger partial charge in [-0.3, -0.25) is 0 Å². The molecule has 24 heavy (non-hydrogen) atoms. The minimum Gasteiger partial charge on any atom is -0.308 e. The highest BCUT2D eigenvalue weighted by atomic mass is 14.3. The number of hydrogen-bond donors (Lipinski definition) is 1. The van der Waals surface area contributed by atoms with Gasteiger partial charge in [-0.25, -0.2) is 0 Å². The minimum atomic E-state index is 0.718. The average molecular weight is 322 g/mol. The molecule has 0 atom stereocenters. The number of benzene rings is 1. The Balaban J connectivity index is 0.000000413. The monoisotopic (exact) mass is 321 g/mol. The second kappa shape index (κ2) is 11.4. The standard InChI is InChI=1S/C17H19N.C6H12/c1-14-6-5-7-15(12-14)10-11-17(13-18)16-8-3-2-4-9-16;1-4-5-6(2)3/h2-4,6,8-9,11-13,18H,5,7,10H2,1H3;4-6H,1-3H3/b17-11+,18-13?;. The lowest BCUT2D eigenvalue weighted by atomic mass is 9.96. The van der Waals surface area contributed by atoms with Crippen LogP contribution in [0.2, 0.25) is 0 Å². The highest BCUT2D eigenvalue weighted by Crippen LogP contribution is 2.22. The molecule has 1 nitrogen and oxygen atoms in total. The average Bonchev–Trinajstić information content (AvgIpc) is 2.57. The molecular weight excluding hydrogens is 290 g/mol. The van der Waals surface area contributed by atoms with E-state index in [1.165, 1.54) is 17.4 Å². The number of hydrogen-bond acceptors (Lipinski definition) is 1. The van der Waals surface area contributed by atoms with Crippen molar-refractivity contribution in [3.05, 3.63) is 77.4 Å². The fourth-order valence-corrected chi connectivity index (χ4v) is 2.62. The summed E-state index contributed by atoms with van der Waals surface area (Å²) in [6.45, 7) is 8.53. The molecule has 0 unspecified atom stereocenters. The number of nitrogens with one attached hydrogen (secondary N) is 1. The van der Waals surface area contributed by atoms with Gasteiger partial charge in [-0.2, -0.15) is 0 Å². The first-order valence-corrected chi connectivity index (χ1v) is 8.82. The predicted octanol–water partition coefficient (Wildman–Crippen LogP) is 6.99. The zero-order chi connectivity index (χ0) is 17.8. The van der Waals surface area contributed by atoms with Crippen molar-refractivity contribution in [2.75, 3.05) is 0 Å². The van der Waals surface area contributed by atoms with Crippen molar-refractivity contribution in [2.24, 2.45) is 5.92 Å². The van der Waals surface area contributed by atoms with E-state index in [0.717, 1.165) is 36.3 Å². The molecule has 1 N–H and O–H groups in total. The van der Waals surface area contributed by atoms with Crippen molar-refractivity contribution in [1.82, 2.24) is 0 Å². The van der Waals surface area contributed by atoms with E-state index in [2.05, 4.69) is 63.3 Å². The van der Waals surface area contributed by atoms with Crippen LogP contribution in [-0.2, 0) is 0 Å². The van der Waals surface area contributed by atoms with Gasteiger partial charge in [-0.15, -0.1) is 0 Å². The van der Waals surface area contributed by atoms with Crippen LogP contribution < -0.4 is 0 Å². The Hall–Kier alpha value is -2.15. The maximum absolute atomic E-state index is 7.53. The van der Waals surface area contributed by atoms with E-state index in [4.69, 9.17) is 5.41 Å². The summed E-state index contributed by atoms with van der Waals surface area (Å²) in [5.41, 5.74) is 4.95. The van der Waals surface area contributed by atoms with Crippen LogP contribution in [0.25, 0.3) is 5.57 Å². The van der Waals surface area contributed by atoms with E-state index >= 15 is 0 Å². The molecule has 0 radical (unpaired) electrons. The predicted molar refractivity (Wildman–Crippen MR) is 109 cm³/mol. The van der Waals surface area contributed by atoms with Crippen molar-refractivity contribution in [3.8, 4) is 0 Å². The Bertz CT molecular complexity index is 613. The molecule has 1 aromatic carbocycles. The van der Waals surface area contributed by atoms with Gasteiger partial charge in [0.15, 0.2) is 0 Å². The molecule has 0 spiro atoms. The summed E-state index contributed by atoms with van der Waals surface area (Å²) in [5.74, 6) is 0.718. The van der Waals surface area contributed by atoms with Crippen LogP contribution >= 0.6 is 0 Å². The van der Waals surface area contributed by atoms with Crippen molar-refractivity contribution >= 4 is 11.8 Å². The molecule has 1 aromatic rings. The molecule has 0 saturated carbocycles. The third-order valence-electron chi connectivity index (χ3n) is 3.79. The fourth-order valence-electron chi connectivity index (χ4n) is 2.62. The molecule has 1 aliphatic rings. The molecular formula is C23H31N. The van der Waals surface area contributed by atoms with Gasteiger partial charge < -0.3 is 5.41 Å². The van der Waals surface area contributed by atoms with Gasteiger partial charge in [0.2, 0.25) is 0 Å². The quantitative estimate of drug-likeness (QED) is 0.446. The highest BCUT2D eigenvalue weighted by molar-refractivity contribution is 6.08. The number of rotatable bonds is 5. The third kappa shape index (κ3) is 7.92. The summed E-state index contributed by atoms with van der Waals surface area (Å²) in [4.78, 5) is 0. The maximum Gasteiger partial charge on any atom is 0.0253 e. The largest absolute Gasteiger partial charge is 0.308 e. The summed E-state index contributed by atoms with van der Waals surface area (Å²) >= 11 is 0. The van der Waals surface area contributed by atoms with Crippen LogP contribution in [0, 0.1) is 11.3 Å². The van der Waals surface area contributed by atoms with Gasteiger partial charge in [0, 0.05) is 6.21 Å². The van der Waals surface area contributed by atoms with Crippen LogP contribution in [0.4, 0.5) is 0 Å². The lowest BCUT2D eigenvalue weighted by molar-refractivity contribution is 0.830. The molecule has 0 aliphatic heterocycles. The SMILES string of the molecule is CC1=CCCC(C/C=C(\C=N)c2ccccc2)=C1.CC=CC(C)C. The van der Waals surface area contributed by atoms with Crippen molar-refractivity contribution in [2.45, 2.75) is 47.0 Å². The summed E-state index contributed by atoms with van der Waals surface area (Å²) in [5, 5.41) is 7.53. The first-order valence-electron chi connectivity index (χ1n) is 8.82. The summed E-state index contributed by atoms with van der Waals surface area (Å²) < 4.78 is 0. The second-order valence-electron chi connectivity index (χ2n) is 6.43. The first-order chi connectivity index (χ1) is 11.6. The molecule has 0 saturated heterocycles. The zero-order valence-corrected chi connectivity index (χ0v) is 15.5. The minimum absolute atomic E-state index is 0.718. The normalized spacial score (nSPS) is 14.8. The van der Waals surface area contributed by atoms with Gasteiger partial charge in [-0.1, -0.05) is 85.7 Å². The van der Waals surface area contributed by atoms with Crippen LogP contribution in [0.1, 0.15) is 52.5 Å². The summed E-state index contributed by atoms with van der Waals surface area (Å²) in [7, 11) is 0. The van der Waals surface area contributed by atoms with Crippen LogP contribution in [0.5, 0.6) is 0 Å². The summed E-state index contributed by atoms with van der Waals surface area (Å²) in [6.07, 6.45) is 15.6. The van der Waals surface area contributed by atoms with Gasteiger partial charge in [0.25, 0.3) is 0 Å². The van der Waals surface area contributed by atoms with Crippen molar-refractivity contribution in [3.63, 3.8) is 0 Å². The third-order valence-corrected chi connectivity index (χ3v) is 3.79. The Morgan fingerprint density at radius 1 is 1.21 bits per heavy atom. The molecule has 0 heterocycles. The molecule has 2 rings (SSSR count). The van der Waals surface area contributed by atoms with E-state index in [9.17, 15) is 0 Å². The Morgan fingerprint density at radius 2 is 1.92 bits per heavy atom. The molecule has 0 aromatic heterocycles. The van der Waals surface area contributed by atoms with E-state index in [0.29, 0.717) is 0 Å². The fraction of sp³-hybridized carbons (Fsp3) is 0.348. The molecule has 0 fully saturated rings. The van der Waals surface area contributed by atoms with Gasteiger partial charge in [0.1, 0.15) is 0 Å². The molecule has 1 aliphatic carbocycles. The van der Waals surface area contributed by atoms with Crippen molar-refractivity contribution in [1.29, 1.82) is 5.41 Å². The maximum atomic E-state index is 7.53. The van der Waals surface area contributed by atoms with Crippen LogP contribution in [0.15, 0.2) is 71.9 Å². The van der Waals surface area contributed by atoms with E-state index in [-0.39, 0.29) is 0 Å². The zero-order valence-electron chi connectivity index (χ0n) is 15.5. The molecule has 128 valence electrons.